The van der Waals surface area contributed by atoms with Crippen LogP contribution in [0.1, 0.15) is 39.0 Å². The number of likely N-dealkylation sites (tertiary alicyclic amines) is 1. The first-order valence-electron chi connectivity index (χ1n) is 16.6. The fourth-order valence-corrected chi connectivity index (χ4v) is 3.49. The predicted molar refractivity (Wildman–Crippen MR) is 137 cm³/mol. The molecule has 1 aromatic heterocycles. The summed E-state index contributed by atoms with van der Waals surface area (Å²) in [6.45, 7) is -8.51. The zero-order valence-corrected chi connectivity index (χ0v) is 18.9. The van der Waals surface area contributed by atoms with E-state index in [1.165, 1.54) is 18.2 Å². The average molecular weight is 484 g/mol. The van der Waals surface area contributed by atoms with Gasteiger partial charge < -0.3 is 19.5 Å². The van der Waals surface area contributed by atoms with Gasteiger partial charge in [0, 0.05) is 35.0 Å². The van der Waals surface area contributed by atoms with Crippen molar-refractivity contribution in [3.05, 3.63) is 78.0 Å². The molecule has 0 amide bonds. The highest BCUT2D eigenvalue weighted by molar-refractivity contribution is 5.63. The van der Waals surface area contributed by atoms with Gasteiger partial charge >= 0.3 is 0 Å². The Hall–Kier alpha value is -3.26. The van der Waals surface area contributed by atoms with Gasteiger partial charge in [0.05, 0.1) is 41.6 Å². The lowest BCUT2D eigenvalue weighted by molar-refractivity contribution is 0.138. The number of fused-ring (bicyclic) bond motifs is 7. The number of nitrogens with zero attached hydrogens (tertiary/aromatic N) is 3. The standard InChI is InChI=1S/C28H32N4O3/c1-2-13-32(12-1)14-17-35-27-9-8-25-19-24(27)21-34-16-4-3-15-33-20-22-6-5-7-23(18-22)26-10-11-29-28(30-25)31-26/h3-11,18-19H,1-2,12-17,20-21H2,(H,29,30,31)/b4-3+/i1D2,2D2,11D,15D2,16D2,21D2. The second-order valence-electron chi connectivity index (χ2n) is 7.72. The second kappa shape index (κ2) is 11.9. The third-order valence-corrected chi connectivity index (χ3v) is 5.21. The van der Waals surface area contributed by atoms with Crippen LogP contribution in [-0.4, -0.2) is 54.2 Å². The first kappa shape index (κ1) is 13.7. The summed E-state index contributed by atoms with van der Waals surface area (Å²) in [5.74, 6) is -0.000168. The zero-order valence-electron chi connectivity index (χ0n) is 29.9. The van der Waals surface area contributed by atoms with Crippen molar-refractivity contribution in [2.45, 2.75) is 25.9 Å². The largest absolute Gasteiger partial charge is 0.492 e. The van der Waals surface area contributed by atoms with Crippen molar-refractivity contribution in [1.29, 1.82) is 0 Å². The van der Waals surface area contributed by atoms with Gasteiger partial charge in [0.1, 0.15) is 12.4 Å². The van der Waals surface area contributed by atoms with E-state index in [0.717, 1.165) is 12.2 Å². The number of hydrogen-bond donors (Lipinski definition) is 1. The smallest absolute Gasteiger partial charge is 0.227 e. The maximum Gasteiger partial charge on any atom is 0.227 e. The molecule has 2 aromatic carbocycles. The molecule has 1 fully saturated rings. The van der Waals surface area contributed by atoms with Crippen LogP contribution in [0.15, 0.2) is 66.9 Å². The molecule has 3 heterocycles. The number of hydrogen-bond acceptors (Lipinski definition) is 7. The molecule has 1 N–H and O–H groups in total. The van der Waals surface area contributed by atoms with Gasteiger partial charge in [-0.25, -0.2) is 9.97 Å². The summed E-state index contributed by atoms with van der Waals surface area (Å²) in [6, 6.07) is 12.7. The molecule has 0 unspecified atom stereocenters. The van der Waals surface area contributed by atoms with E-state index in [4.69, 9.17) is 29.3 Å². The van der Waals surface area contributed by atoms with Gasteiger partial charge in [0.15, 0.2) is 0 Å². The summed E-state index contributed by atoms with van der Waals surface area (Å²) >= 11 is 0. The topological polar surface area (TPSA) is 68.7 Å². The van der Waals surface area contributed by atoms with Gasteiger partial charge in [-0.15, -0.1) is 0 Å². The number of ether oxygens (including phenoxy) is 3. The first-order valence-corrected chi connectivity index (χ1v) is 11.1. The van der Waals surface area contributed by atoms with Crippen molar-refractivity contribution in [1.82, 2.24) is 14.9 Å². The summed E-state index contributed by atoms with van der Waals surface area (Å²) in [5.41, 5.74) is 1.63. The highest BCUT2D eigenvalue weighted by Crippen LogP contribution is 2.26. The Balaban J connectivity index is 1.50. The van der Waals surface area contributed by atoms with Gasteiger partial charge in [-0.2, -0.15) is 0 Å². The van der Waals surface area contributed by atoms with E-state index in [-0.39, 0.29) is 62.0 Å². The lowest BCUT2D eigenvalue weighted by Gasteiger charge is -2.17. The molecule has 0 spiro atoms. The zero-order chi connectivity index (χ0) is 33.5. The van der Waals surface area contributed by atoms with Crippen LogP contribution in [0, 0.1) is 0 Å². The predicted octanol–water partition coefficient (Wildman–Crippen LogP) is 4.96. The van der Waals surface area contributed by atoms with Gasteiger partial charge in [-0.3, -0.25) is 4.90 Å². The molecule has 0 aliphatic carbocycles. The number of anilines is 2. The molecular formula is C28H32N4O3. The van der Waals surface area contributed by atoms with E-state index in [2.05, 4.69) is 15.3 Å². The van der Waals surface area contributed by atoms with Crippen molar-refractivity contribution in [2.75, 3.05) is 44.7 Å². The minimum absolute atomic E-state index is 0.0264. The fourth-order valence-electron chi connectivity index (χ4n) is 3.49. The lowest BCUT2D eigenvalue weighted by atomic mass is 10.1. The van der Waals surface area contributed by atoms with Crippen LogP contribution in [0.2, 0.25) is 0 Å². The van der Waals surface area contributed by atoms with E-state index < -0.39 is 32.4 Å². The minimum atomic E-state index is -2.84. The van der Waals surface area contributed by atoms with E-state index in [0.29, 0.717) is 16.8 Å². The first-order chi connectivity index (χ1) is 21.3. The Morgan fingerprint density at radius 3 is 2.86 bits per heavy atom. The molecule has 35 heavy (non-hydrogen) atoms. The number of aromatic nitrogens is 2. The summed E-state index contributed by atoms with van der Waals surface area (Å²) in [5, 5.41) is 2.96. The van der Waals surface area contributed by atoms with Crippen LogP contribution < -0.4 is 10.1 Å². The van der Waals surface area contributed by atoms with Gasteiger partial charge in [0.2, 0.25) is 5.95 Å². The molecule has 0 radical (unpaired) electrons. The lowest BCUT2D eigenvalue weighted by Crippen LogP contribution is -2.25. The van der Waals surface area contributed by atoms with Crippen LogP contribution >= 0.6 is 0 Å². The molecule has 7 heteroatoms. The minimum Gasteiger partial charge on any atom is -0.492 e. The maximum absolute atomic E-state index is 8.70. The van der Waals surface area contributed by atoms with E-state index >= 15 is 0 Å². The fraction of sp³-hybridized carbons (Fsp3) is 0.357. The quantitative estimate of drug-likeness (QED) is 0.526. The molecule has 182 valence electrons. The molecule has 3 aromatic rings. The molecule has 6 bridgehead atoms. The third kappa shape index (κ3) is 6.66. The molecule has 1 saturated heterocycles. The van der Waals surface area contributed by atoms with E-state index in [1.807, 2.05) is 0 Å². The summed E-state index contributed by atoms with van der Waals surface area (Å²) < 4.78 is 107. The molecule has 0 saturated carbocycles. The number of benzene rings is 2. The van der Waals surface area contributed by atoms with Crippen LogP contribution in [0.5, 0.6) is 5.75 Å². The maximum atomic E-state index is 8.70. The van der Waals surface area contributed by atoms with Gasteiger partial charge in [0.25, 0.3) is 0 Å². The van der Waals surface area contributed by atoms with Crippen molar-refractivity contribution in [3.8, 4) is 17.0 Å². The van der Waals surface area contributed by atoms with Crippen LogP contribution in [-0.2, 0) is 22.6 Å². The van der Waals surface area contributed by atoms with Crippen LogP contribution in [0.3, 0.4) is 0 Å². The van der Waals surface area contributed by atoms with Crippen molar-refractivity contribution in [2.24, 2.45) is 0 Å². The Morgan fingerprint density at radius 2 is 1.94 bits per heavy atom. The van der Waals surface area contributed by atoms with Crippen molar-refractivity contribution < 1.29 is 29.3 Å². The second-order valence-corrected chi connectivity index (χ2v) is 7.72. The average Bonchev–Trinajstić information content (AvgIpc) is 3.16. The SMILES string of the molecule is [2H]c1cc2nc(n1)Nc1ccc(OCCN3CC([2H])([2H])C([2H])([2H])C3)c(c1)C([2H])([2H])OC([2H])([2H])/C=C/C([2H])([2H])OCc1cccc-2c1. The third-order valence-electron chi connectivity index (χ3n) is 5.21. The highest BCUT2D eigenvalue weighted by Gasteiger charge is 2.13. The molecule has 2 aliphatic heterocycles. The normalized spacial score (nSPS) is 29.5. The van der Waals surface area contributed by atoms with Crippen molar-refractivity contribution >= 4 is 11.6 Å². The molecule has 2 aliphatic rings. The highest BCUT2D eigenvalue weighted by atomic mass is 16.5. The Labute approximate surface area is 222 Å². The monoisotopic (exact) mass is 483 g/mol. The Morgan fingerprint density at radius 1 is 1.06 bits per heavy atom. The molecular weight excluding hydrogens is 440 g/mol. The summed E-state index contributed by atoms with van der Waals surface area (Å²) in [7, 11) is 0. The summed E-state index contributed by atoms with van der Waals surface area (Å²) in [6.07, 6.45) is -2.65. The van der Waals surface area contributed by atoms with Gasteiger partial charge in [-0.1, -0.05) is 30.4 Å². The summed E-state index contributed by atoms with van der Waals surface area (Å²) in [4.78, 5) is 10.2. The van der Waals surface area contributed by atoms with Crippen molar-refractivity contribution in [3.63, 3.8) is 0 Å². The van der Waals surface area contributed by atoms with E-state index in [9.17, 15) is 0 Å². The Bertz CT molecular complexity index is 1610. The number of nitrogens with one attached hydrogen (secondary N) is 1. The number of rotatable bonds is 4. The van der Waals surface area contributed by atoms with Crippen LogP contribution in [0.4, 0.5) is 11.6 Å². The van der Waals surface area contributed by atoms with Gasteiger partial charge in [-0.05, 0) is 61.7 Å². The Kier molecular flexibility index (Phi) is 4.68. The molecule has 5 rings (SSSR count). The molecule has 0 atom stereocenters. The molecule has 7 nitrogen and oxygen atoms in total. The van der Waals surface area contributed by atoms with E-state index in [1.54, 1.807) is 35.2 Å². The van der Waals surface area contributed by atoms with Crippen LogP contribution in [0.25, 0.3) is 11.3 Å².